The lowest BCUT2D eigenvalue weighted by molar-refractivity contribution is -0.138. The molecule has 0 bridgehead atoms. The molecule has 4 rings (SSSR count). The highest BCUT2D eigenvalue weighted by atomic mass is 35.5. The lowest BCUT2D eigenvalue weighted by atomic mass is 10.0. The van der Waals surface area contributed by atoms with Gasteiger partial charge in [0, 0.05) is 30.1 Å². The molecule has 3 amide bonds. The molecule has 4 N–H and O–H groups in total. The Hall–Kier alpha value is -3.70. The third kappa shape index (κ3) is 5.73. The number of aromatic nitrogens is 1. The molecule has 1 fully saturated rings. The van der Waals surface area contributed by atoms with Crippen molar-refractivity contribution < 1.29 is 33.0 Å². The molecule has 0 unspecified atom stereocenters. The van der Waals surface area contributed by atoms with E-state index in [9.17, 15) is 18.8 Å². The molecule has 1 aliphatic heterocycles. The van der Waals surface area contributed by atoms with Gasteiger partial charge in [-0.1, -0.05) is 23.7 Å². The largest absolute Gasteiger partial charge is 0.491 e. The Bertz CT molecular complexity index is 1390. The summed E-state index contributed by atoms with van der Waals surface area (Å²) in [6, 6.07) is 7.31. The molecule has 9 nitrogen and oxygen atoms in total. The normalized spacial score (nSPS) is 19.1. The van der Waals surface area contributed by atoms with Crippen LogP contribution in [0.4, 0.5) is 13.6 Å². The van der Waals surface area contributed by atoms with Crippen molar-refractivity contribution in [2.24, 2.45) is 5.73 Å². The van der Waals surface area contributed by atoms with Gasteiger partial charge in [-0.2, -0.15) is 0 Å². The fourth-order valence-corrected chi connectivity index (χ4v) is 4.84. The van der Waals surface area contributed by atoms with Crippen LogP contribution in [-0.4, -0.2) is 63.9 Å². The number of likely N-dealkylation sites (tertiary alicyclic amines) is 1. The molecule has 0 spiro atoms. The topological polar surface area (TPSA) is 127 Å². The highest BCUT2D eigenvalue weighted by molar-refractivity contribution is 6.30. The second kappa shape index (κ2) is 11.0. The molecule has 0 saturated carbocycles. The number of hydrogen-bond donors (Lipinski definition) is 3. The Balaban J connectivity index is 1.56. The SMILES string of the molecule is C[C@@]1(F)C[C@@H](C(=O)NCc2cccc(Cl)c2F)N(C(=O)Cc2cn(C(N)=O)c3ccc(OCCO)cc23)C1. The number of carbonyl (C=O) groups excluding carboxylic acids is 3. The van der Waals surface area contributed by atoms with E-state index in [0.29, 0.717) is 22.2 Å². The van der Waals surface area contributed by atoms with Gasteiger partial charge in [0.05, 0.1) is 30.1 Å². The molecule has 2 atom stereocenters. The number of amides is 3. The van der Waals surface area contributed by atoms with Crippen molar-refractivity contribution in [3.05, 3.63) is 64.6 Å². The lowest BCUT2D eigenvalue weighted by Crippen LogP contribution is -2.46. The summed E-state index contributed by atoms with van der Waals surface area (Å²) in [5.41, 5.74) is 4.69. The van der Waals surface area contributed by atoms with E-state index in [1.165, 1.54) is 29.8 Å². The monoisotopic (exact) mass is 548 g/mol. The smallest absolute Gasteiger partial charge is 0.323 e. The van der Waals surface area contributed by atoms with Crippen molar-refractivity contribution >= 4 is 40.3 Å². The Morgan fingerprint density at radius 2 is 2.03 bits per heavy atom. The maximum Gasteiger partial charge on any atom is 0.323 e. The van der Waals surface area contributed by atoms with E-state index >= 15 is 4.39 Å². The minimum atomic E-state index is -1.81. The van der Waals surface area contributed by atoms with Crippen molar-refractivity contribution in [3.8, 4) is 5.75 Å². The predicted octanol–water partition coefficient (Wildman–Crippen LogP) is 2.92. The molecule has 202 valence electrons. The first-order valence-electron chi connectivity index (χ1n) is 11.9. The quantitative estimate of drug-likeness (QED) is 0.399. The van der Waals surface area contributed by atoms with Crippen LogP contribution in [0.15, 0.2) is 42.6 Å². The van der Waals surface area contributed by atoms with Crippen LogP contribution in [0.1, 0.15) is 24.5 Å². The highest BCUT2D eigenvalue weighted by Crippen LogP contribution is 2.32. The molecule has 2 aromatic carbocycles. The van der Waals surface area contributed by atoms with Crippen LogP contribution in [0, 0.1) is 5.82 Å². The maximum atomic E-state index is 15.0. The van der Waals surface area contributed by atoms with E-state index in [-0.39, 0.29) is 49.7 Å². The van der Waals surface area contributed by atoms with Crippen LogP contribution < -0.4 is 15.8 Å². The fraction of sp³-hybridized carbons (Fsp3) is 0.346. The minimum absolute atomic E-state index is 0.0506. The van der Waals surface area contributed by atoms with E-state index in [1.54, 1.807) is 24.3 Å². The van der Waals surface area contributed by atoms with Crippen molar-refractivity contribution in [2.75, 3.05) is 19.8 Å². The molecule has 1 aromatic heterocycles. The number of aliphatic hydroxyl groups is 1. The molecule has 0 aliphatic carbocycles. The molecule has 1 aliphatic rings. The van der Waals surface area contributed by atoms with Crippen LogP contribution in [0.5, 0.6) is 5.75 Å². The van der Waals surface area contributed by atoms with Crippen LogP contribution in [-0.2, 0) is 22.6 Å². The van der Waals surface area contributed by atoms with E-state index in [4.69, 9.17) is 27.2 Å². The predicted molar refractivity (Wildman–Crippen MR) is 136 cm³/mol. The summed E-state index contributed by atoms with van der Waals surface area (Å²) in [5.74, 6) is -1.42. The van der Waals surface area contributed by atoms with Gasteiger partial charge in [0.1, 0.15) is 29.9 Å². The van der Waals surface area contributed by atoms with Crippen LogP contribution >= 0.6 is 11.6 Å². The van der Waals surface area contributed by atoms with Gasteiger partial charge in [0.2, 0.25) is 11.8 Å². The summed E-state index contributed by atoms with van der Waals surface area (Å²) in [4.78, 5) is 39.5. The molecular formula is C26H27ClF2N4O5. The number of hydrogen-bond acceptors (Lipinski definition) is 5. The van der Waals surface area contributed by atoms with Gasteiger partial charge in [-0.25, -0.2) is 13.6 Å². The van der Waals surface area contributed by atoms with Crippen molar-refractivity contribution in [1.29, 1.82) is 0 Å². The van der Waals surface area contributed by atoms with E-state index in [1.807, 2.05) is 0 Å². The average molecular weight is 549 g/mol. The molecule has 1 saturated heterocycles. The number of benzene rings is 2. The first kappa shape index (κ1) is 27.3. The molecule has 2 heterocycles. The second-order valence-corrected chi connectivity index (χ2v) is 9.78. The number of rotatable bonds is 8. The Morgan fingerprint density at radius 3 is 2.74 bits per heavy atom. The number of nitrogens with zero attached hydrogens (tertiary/aromatic N) is 2. The first-order valence-corrected chi connectivity index (χ1v) is 12.2. The third-order valence-electron chi connectivity index (χ3n) is 6.40. The summed E-state index contributed by atoms with van der Waals surface area (Å²) >= 11 is 5.79. The molecule has 12 heteroatoms. The number of primary amides is 1. The minimum Gasteiger partial charge on any atom is -0.491 e. The summed E-state index contributed by atoms with van der Waals surface area (Å²) in [6.45, 7) is 0.663. The third-order valence-corrected chi connectivity index (χ3v) is 6.69. The number of carbonyl (C=O) groups is 3. The van der Waals surface area contributed by atoms with Gasteiger partial charge < -0.3 is 25.8 Å². The Kier molecular flexibility index (Phi) is 7.89. The molecule has 0 radical (unpaired) electrons. The fourth-order valence-electron chi connectivity index (χ4n) is 4.64. The number of halogens is 3. The maximum absolute atomic E-state index is 15.0. The number of aliphatic hydroxyl groups excluding tert-OH is 1. The first-order chi connectivity index (χ1) is 18.0. The Morgan fingerprint density at radius 1 is 1.26 bits per heavy atom. The highest BCUT2D eigenvalue weighted by Gasteiger charge is 2.46. The van der Waals surface area contributed by atoms with Gasteiger partial charge in [-0.15, -0.1) is 0 Å². The van der Waals surface area contributed by atoms with Gasteiger partial charge in [-0.05, 0) is 36.8 Å². The Labute approximate surface area is 222 Å². The second-order valence-electron chi connectivity index (χ2n) is 9.38. The van der Waals surface area contributed by atoms with Gasteiger partial charge in [-0.3, -0.25) is 14.2 Å². The van der Waals surface area contributed by atoms with Gasteiger partial charge in [0.15, 0.2) is 0 Å². The van der Waals surface area contributed by atoms with Gasteiger partial charge >= 0.3 is 6.03 Å². The van der Waals surface area contributed by atoms with Crippen LogP contribution in [0.2, 0.25) is 5.02 Å². The molecule has 38 heavy (non-hydrogen) atoms. The zero-order valence-corrected chi connectivity index (χ0v) is 21.3. The zero-order valence-electron chi connectivity index (χ0n) is 20.5. The van der Waals surface area contributed by atoms with E-state index < -0.39 is 35.4 Å². The molecule has 3 aromatic rings. The summed E-state index contributed by atoms with van der Waals surface area (Å²) in [7, 11) is 0. The van der Waals surface area contributed by atoms with Gasteiger partial charge in [0.25, 0.3) is 0 Å². The van der Waals surface area contributed by atoms with E-state index in [2.05, 4.69) is 5.32 Å². The standard InChI is InChI=1S/C26H27ClF2N4O5/c1-26(29)11-21(24(36)31-12-15-3-2-4-19(27)23(15)28)33(14-26)22(35)9-16-13-32(25(30)37)20-6-5-17(10-18(16)20)38-8-7-34/h2-6,10,13,21,34H,7-9,11-12,14H2,1H3,(H2,30,37)(H,31,36)/t21-,26+/m0/s1. The van der Waals surface area contributed by atoms with E-state index in [0.717, 1.165) is 4.90 Å². The average Bonchev–Trinajstić information content (AvgIpc) is 3.40. The summed E-state index contributed by atoms with van der Waals surface area (Å²) in [6.07, 6.45) is 0.941. The lowest BCUT2D eigenvalue weighted by Gasteiger charge is -2.24. The molecular weight excluding hydrogens is 522 g/mol. The van der Waals surface area contributed by atoms with Crippen LogP contribution in [0.25, 0.3) is 10.9 Å². The number of nitrogens with one attached hydrogen (secondary N) is 1. The summed E-state index contributed by atoms with van der Waals surface area (Å²) < 4.78 is 35.9. The number of nitrogens with two attached hydrogens (primary N) is 1. The number of fused-ring (bicyclic) bond motifs is 1. The number of alkyl halides is 1. The van der Waals surface area contributed by atoms with Crippen molar-refractivity contribution in [1.82, 2.24) is 14.8 Å². The van der Waals surface area contributed by atoms with Crippen molar-refractivity contribution in [3.63, 3.8) is 0 Å². The summed E-state index contributed by atoms with van der Waals surface area (Å²) in [5, 5.41) is 12.0. The zero-order chi connectivity index (χ0) is 27.6. The number of ether oxygens (including phenoxy) is 1. The van der Waals surface area contributed by atoms with Crippen molar-refractivity contribution in [2.45, 2.75) is 38.0 Å². The van der Waals surface area contributed by atoms with Crippen LogP contribution in [0.3, 0.4) is 0 Å².